The van der Waals surface area contributed by atoms with Gasteiger partial charge in [0, 0.05) is 30.1 Å². The predicted molar refractivity (Wildman–Crippen MR) is 128 cm³/mol. The fraction of sp³-hybridized carbons (Fsp3) is 0.120. The van der Waals surface area contributed by atoms with Crippen LogP contribution in [0.3, 0.4) is 0 Å². The minimum Gasteiger partial charge on any atom is -0.497 e. The fourth-order valence-corrected chi connectivity index (χ4v) is 3.93. The first-order chi connectivity index (χ1) is 16.6. The molecule has 0 saturated heterocycles. The zero-order chi connectivity index (χ0) is 23.7. The third-order valence-corrected chi connectivity index (χ3v) is 5.50. The number of para-hydroxylation sites is 2. The van der Waals surface area contributed by atoms with E-state index in [1.54, 1.807) is 48.3 Å². The number of ether oxygens (including phenoxy) is 2. The molecule has 9 heteroatoms. The Kier molecular flexibility index (Phi) is 5.43. The highest BCUT2D eigenvalue weighted by Gasteiger charge is 2.18. The second kappa shape index (κ2) is 8.70. The van der Waals surface area contributed by atoms with Crippen molar-refractivity contribution in [3.8, 4) is 22.8 Å². The van der Waals surface area contributed by atoms with Gasteiger partial charge in [-0.25, -0.2) is 9.38 Å². The zero-order valence-electron chi connectivity index (χ0n) is 18.6. The van der Waals surface area contributed by atoms with Gasteiger partial charge < -0.3 is 19.4 Å². The molecule has 0 fully saturated rings. The van der Waals surface area contributed by atoms with Crippen LogP contribution < -0.4 is 20.3 Å². The highest BCUT2D eigenvalue weighted by Crippen LogP contribution is 2.29. The Bertz CT molecular complexity index is 1570. The first-order valence-electron chi connectivity index (χ1n) is 10.5. The van der Waals surface area contributed by atoms with Crippen molar-refractivity contribution in [2.24, 2.45) is 0 Å². The number of carbonyl (C=O) groups is 1. The maximum atomic E-state index is 13.1. The maximum absolute atomic E-state index is 13.1. The lowest BCUT2D eigenvalue weighted by Gasteiger charge is -2.12. The van der Waals surface area contributed by atoms with Gasteiger partial charge in [-0.15, -0.1) is 0 Å². The topological polar surface area (TPSA) is 99.8 Å². The van der Waals surface area contributed by atoms with Crippen LogP contribution in [0.25, 0.3) is 28.1 Å². The van der Waals surface area contributed by atoms with Gasteiger partial charge in [-0.1, -0.05) is 12.1 Å². The number of amides is 1. The minimum atomic E-state index is -0.309. The first-order valence-corrected chi connectivity index (χ1v) is 10.5. The Hall–Kier alpha value is -4.66. The molecule has 0 spiro atoms. The Morgan fingerprint density at radius 1 is 1.00 bits per heavy atom. The highest BCUT2D eigenvalue weighted by molar-refractivity contribution is 5.94. The molecule has 0 aliphatic carbocycles. The Labute approximate surface area is 194 Å². The summed E-state index contributed by atoms with van der Waals surface area (Å²) < 4.78 is 13.9. The number of nitrogens with zero attached hydrogens (tertiary/aromatic N) is 4. The Morgan fingerprint density at radius 3 is 2.56 bits per heavy atom. The number of pyridine rings is 1. The molecule has 1 amide bonds. The van der Waals surface area contributed by atoms with Gasteiger partial charge in [0.1, 0.15) is 18.0 Å². The van der Waals surface area contributed by atoms with Crippen molar-refractivity contribution in [2.75, 3.05) is 19.5 Å². The summed E-state index contributed by atoms with van der Waals surface area (Å²) in [6.07, 6.45) is 3.30. The second-order valence-corrected chi connectivity index (χ2v) is 7.55. The molecule has 0 radical (unpaired) electrons. The van der Waals surface area contributed by atoms with Gasteiger partial charge in [0.2, 0.25) is 11.7 Å². The second-order valence-electron chi connectivity index (χ2n) is 7.55. The summed E-state index contributed by atoms with van der Waals surface area (Å²) in [7, 11) is 3.08. The van der Waals surface area contributed by atoms with Crippen LogP contribution in [-0.4, -0.2) is 39.1 Å². The quantitative estimate of drug-likeness (QED) is 0.421. The molecule has 2 aromatic carbocycles. The predicted octanol–water partition coefficient (Wildman–Crippen LogP) is 3.37. The van der Waals surface area contributed by atoms with Gasteiger partial charge in [0.05, 0.1) is 36.6 Å². The van der Waals surface area contributed by atoms with E-state index in [1.807, 2.05) is 30.3 Å². The van der Waals surface area contributed by atoms with Crippen molar-refractivity contribution in [1.82, 2.24) is 18.9 Å². The van der Waals surface area contributed by atoms with Gasteiger partial charge in [-0.05, 0) is 36.4 Å². The summed E-state index contributed by atoms with van der Waals surface area (Å²) in [6.45, 7) is -0.0691. The first kappa shape index (κ1) is 21.2. The van der Waals surface area contributed by atoms with E-state index < -0.39 is 0 Å². The highest BCUT2D eigenvalue weighted by atomic mass is 16.5. The lowest BCUT2D eigenvalue weighted by Crippen LogP contribution is -2.21. The number of anilines is 1. The van der Waals surface area contributed by atoms with Crippen LogP contribution >= 0.6 is 0 Å². The van der Waals surface area contributed by atoms with E-state index in [4.69, 9.17) is 14.5 Å². The molecule has 3 aromatic heterocycles. The number of aromatic nitrogens is 4. The average molecular weight is 455 g/mol. The number of nitrogens with one attached hydrogen (secondary N) is 1. The SMILES string of the molecule is COc1ccc(OC)c(NC(=O)Cn2c3ccccc3n3c(=O)cc(-c4cccnc4)nc23)c1. The molecule has 170 valence electrons. The summed E-state index contributed by atoms with van der Waals surface area (Å²) >= 11 is 0. The smallest absolute Gasteiger partial charge is 0.260 e. The van der Waals surface area contributed by atoms with E-state index in [1.165, 1.54) is 17.6 Å². The van der Waals surface area contributed by atoms with Gasteiger partial charge >= 0.3 is 0 Å². The van der Waals surface area contributed by atoms with Gasteiger partial charge in [0.25, 0.3) is 5.56 Å². The molecule has 5 rings (SSSR count). The van der Waals surface area contributed by atoms with Crippen LogP contribution in [0.5, 0.6) is 11.5 Å². The molecule has 0 aliphatic rings. The molecule has 1 N–H and O–H groups in total. The van der Waals surface area contributed by atoms with Crippen LogP contribution in [-0.2, 0) is 11.3 Å². The molecule has 9 nitrogen and oxygen atoms in total. The number of methoxy groups -OCH3 is 2. The average Bonchev–Trinajstić information content (AvgIpc) is 3.18. The fourth-order valence-electron chi connectivity index (χ4n) is 3.93. The standard InChI is InChI=1S/C25H21N5O4/c1-33-17-9-10-22(34-2)19(12-17)27-23(31)15-29-20-7-3-4-8-21(20)30-24(32)13-18(28-25(29)30)16-6-5-11-26-14-16/h3-14H,15H2,1-2H3,(H,27,31). The van der Waals surface area contributed by atoms with Crippen LogP contribution in [0.2, 0.25) is 0 Å². The number of imidazole rings is 1. The molecule has 0 aliphatic heterocycles. The van der Waals surface area contributed by atoms with Crippen molar-refractivity contribution in [3.63, 3.8) is 0 Å². The summed E-state index contributed by atoms with van der Waals surface area (Å²) in [5.74, 6) is 1.14. The van der Waals surface area contributed by atoms with E-state index >= 15 is 0 Å². The van der Waals surface area contributed by atoms with E-state index in [9.17, 15) is 9.59 Å². The summed E-state index contributed by atoms with van der Waals surface area (Å²) in [5.41, 5.74) is 2.81. The van der Waals surface area contributed by atoms with Crippen molar-refractivity contribution in [3.05, 3.63) is 83.4 Å². The van der Waals surface area contributed by atoms with E-state index in [0.29, 0.717) is 45.3 Å². The summed E-state index contributed by atoms with van der Waals surface area (Å²) in [5, 5.41) is 2.87. The molecule has 34 heavy (non-hydrogen) atoms. The third kappa shape index (κ3) is 3.73. The third-order valence-electron chi connectivity index (χ3n) is 5.50. The Balaban J connectivity index is 1.60. The summed E-state index contributed by atoms with van der Waals surface area (Å²) in [4.78, 5) is 35.1. The monoisotopic (exact) mass is 455 g/mol. The molecule has 0 atom stereocenters. The molecule has 0 saturated carbocycles. The van der Waals surface area contributed by atoms with E-state index in [2.05, 4.69) is 10.3 Å². The zero-order valence-corrected chi connectivity index (χ0v) is 18.6. The van der Waals surface area contributed by atoms with Gasteiger partial charge in [-0.3, -0.25) is 14.6 Å². The minimum absolute atomic E-state index is 0.0691. The molecular formula is C25H21N5O4. The van der Waals surface area contributed by atoms with E-state index in [-0.39, 0.29) is 18.0 Å². The van der Waals surface area contributed by atoms with Crippen molar-refractivity contribution >= 4 is 28.4 Å². The van der Waals surface area contributed by atoms with Crippen molar-refractivity contribution < 1.29 is 14.3 Å². The van der Waals surface area contributed by atoms with Crippen LogP contribution in [0.1, 0.15) is 0 Å². The molecule has 0 bridgehead atoms. The number of hydrogen-bond acceptors (Lipinski definition) is 6. The molecule has 3 heterocycles. The largest absolute Gasteiger partial charge is 0.497 e. The van der Waals surface area contributed by atoms with Gasteiger partial charge in [-0.2, -0.15) is 0 Å². The number of benzene rings is 2. The number of rotatable bonds is 6. The number of carbonyl (C=O) groups excluding carboxylic acids is 1. The summed E-state index contributed by atoms with van der Waals surface area (Å²) in [6, 6.07) is 17.6. The Morgan fingerprint density at radius 2 is 1.82 bits per heavy atom. The van der Waals surface area contributed by atoms with Crippen LogP contribution in [0, 0.1) is 0 Å². The van der Waals surface area contributed by atoms with Gasteiger partial charge in [0.15, 0.2) is 0 Å². The van der Waals surface area contributed by atoms with Crippen molar-refractivity contribution in [1.29, 1.82) is 0 Å². The lowest BCUT2D eigenvalue weighted by molar-refractivity contribution is -0.116. The van der Waals surface area contributed by atoms with Crippen molar-refractivity contribution in [2.45, 2.75) is 6.54 Å². The number of hydrogen-bond donors (Lipinski definition) is 1. The lowest BCUT2D eigenvalue weighted by atomic mass is 10.2. The maximum Gasteiger partial charge on any atom is 0.260 e. The van der Waals surface area contributed by atoms with Crippen LogP contribution in [0.15, 0.2) is 77.9 Å². The molecular weight excluding hydrogens is 434 g/mol. The normalized spacial score (nSPS) is 11.0. The van der Waals surface area contributed by atoms with E-state index in [0.717, 1.165) is 0 Å². The number of fused-ring (bicyclic) bond motifs is 3. The van der Waals surface area contributed by atoms with Crippen LogP contribution in [0.4, 0.5) is 5.69 Å². The molecule has 5 aromatic rings. The molecule has 0 unspecified atom stereocenters.